The first-order valence-electron chi connectivity index (χ1n) is 6.70. The normalized spacial score (nSPS) is 13.4. The van der Waals surface area contributed by atoms with Gasteiger partial charge in [-0.1, -0.05) is 11.6 Å². The van der Waals surface area contributed by atoms with Crippen molar-refractivity contribution in [3.63, 3.8) is 0 Å². The minimum Gasteiger partial charge on any atom is -0.486 e. The zero-order valence-electron chi connectivity index (χ0n) is 11.3. The number of nitrogens with one attached hydrogen (secondary N) is 2. The molecule has 0 spiro atoms. The van der Waals surface area contributed by atoms with E-state index in [1.165, 1.54) is 12.1 Å². The Bertz CT molecular complexity index is 822. The standard InChI is InChI=1S/C15H11ClFN3O2/c16-9-5-8(1-2-10(9)17)18-15-19-11-6-13-14(7-12(11)20-15)22-4-3-21-13/h1-2,5-7H,3-4H2,(H2,18,19,20). The van der Waals surface area contributed by atoms with Crippen LogP contribution in [-0.4, -0.2) is 23.2 Å². The predicted molar refractivity (Wildman–Crippen MR) is 81.8 cm³/mol. The second-order valence-electron chi connectivity index (χ2n) is 4.85. The van der Waals surface area contributed by atoms with Crippen LogP contribution in [0.5, 0.6) is 11.5 Å². The Balaban J connectivity index is 1.68. The zero-order valence-corrected chi connectivity index (χ0v) is 12.1. The monoisotopic (exact) mass is 319 g/mol. The average molecular weight is 320 g/mol. The molecule has 5 nitrogen and oxygen atoms in total. The van der Waals surface area contributed by atoms with Gasteiger partial charge in [0.25, 0.3) is 0 Å². The average Bonchev–Trinajstić information content (AvgIpc) is 2.89. The Morgan fingerprint density at radius 1 is 1.14 bits per heavy atom. The number of aromatic nitrogens is 2. The van der Waals surface area contributed by atoms with Crippen LogP contribution in [0.15, 0.2) is 30.3 Å². The number of rotatable bonds is 2. The van der Waals surface area contributed by atoms with Crippen LogP contribution in [-0.2, 0) is 0 Å². The van der Waals surface area contributed by atoms with Gasteiger partial charge in [-0.25, -0.2) is 9.37 Å². The molecule has 0 radical (unpaired) electrons. The third-order valence-corrected chi connectivity index (χ3v) is 3.62. The Morgan fingerprint density at radius 2 is 1.91 bits per heavy atom. The summed E-state index contributed by atoms with van der Waals surface area (Å²) in [6.07, 6.45) is 0. The molecule has 0 aliphatic carbocycles. The molecule has 0 bridgehead atoms. The quantitative estimate of drug-likeness (QED) is 0.753. The molecule has 22 heavy (non-hydrogen) atoms. The van der Waals surface area contributed by atoms with E-state index in [-0.39, 0.29) is 5.02 Å². The number of nitrogens with zero attached hydrogens (tertiary/aromatic N) is 1. The number of benzene rings is 2. The van der Waals surface area contributed by atoms with Crippen LogP contribution in [0.25, 0.3) is 11.0 Å². The topological polar surface area (TPSA) is 59.2 Å². The van der Waals surface area contributed by atoms with Gasteiger partial charge >= 0.3 is 0 Å². The van der Waals surface area contributed by atoms with Crippen LogP contribution in [0, 0.1) is 5.82 Å². The van der Waals surface area contributed by atoms with Crippen LogP contribution < -0.4 is 14.8 Å². The van der Waals surface area contributed by atoms with E-state index in [1.807, 2.05) is 12.1 Å². The minimum absolute atomic E-state index is 0.0541. The number of fused-ring (bicyclic) bond motifs is 2. The second kappa shape index (κ2) is 5.06. The summed E-state index contributed by atoms with van der Waals surface area (Å²) in [6.45, 7) is 1.06. The van der Waals surface area contributed by atoms with E-state index in [2.05, 4.69) is 15.3 Å². The molecule has 2 aromatic carbocycles. The van der Waals surface area contributed by atoms with Crippen molar-refractivity contribution >= 4 is 34.3 Å². The van der Waals surface area contributed by atoms with Gasteiger partial charge in [0.05, 0.1) is 16.1 Å². The second-order valence-corrected chi connectivity index (χ2v) is 5.26. The molecule has 1 aromatic heterocycles. The Labute approximate surface area is 130 Å². The number of ether oxygens (including phenoxy) is 2. The molecular formula is C15H11ClFN3O2. The van der Waals surface area contributed by atoms with Crippen molar-refractivity contribution in [3.8, 4) is 11.5 Å². The lowest BCUT2D eigenvalue weighted by atomic mass is 10.2. The van der Waals surface area contributed by atoms with Crippen molar-refractivity contribution < 1.29 is 13.9 Å². The number of hydrogen-bond donors (Lipinski definition) is 2. The van der Waals surface area contributed by atoms with E-state index in [0.29, 0.717) is 36.3 Å². The molecular weight excluding hydrogens is 309 g/mol. The van der Waals surface area contributed by atoms with E-state index in [9.17, 15) is 4.39 Å². The fourth-order valence-corrected chi connectivity index (χ4v) is 2.50. The number of H-pyrrole nitrogens is 1. The molecule has 4 rings (SSSR count). The highest BCUT2D eigenvalue weighted by molar-refractivity contribution is 6.31. The zero-order chi connectivity index (χ0) is 15.1. The van der Waals surface area contributed by atoms with Crippen molar-refractivity contribution in [2.24, 2.45) is 0 Å². The van der Waals surface area contributed by atoms with Crippen molar-refractivity contribution in [2.45, 2.75) is 0 Å². The molecule has 7 heteroatoms. The van der Waals surface area contributed by atoms with Gasteiger partial charge in [-0.2, -0.15) is 0 Å². The molecule has 1 aliphatic rings. The van der Waals surface area contributed by atoms with Gasteiger partial charge in [0, 0.05) is 17.8 Å². The molecule has 0 saturated heterocycles. The summed E-state index contributed by atoms with van der Waals surface area (Å²) < 4.78 is 24.2. The van der Waals surface area contributed by atoms with Crippen LogP contribution in [0.1, 0.15) is 0 Å². The van der Waals surface area contributed by atoms with Crippen molar-refractivity contribution in [2.75, 3.05) is 18.5 Å². The largest absolute Gasteiger partial charge is 0.486 e. The van der Waals surface area contributed by atoms with Crippen LogP contribution in [0.3, 0.4) is 0 Å². The van der Waals surface area contributed by atoms with Crippen molar-refractivity contribution in [1.82, 2.24) is 9.97 Å². The number of aromatic amines is 1. The number of hydrogen-bond acceptors (Lipinski definition) is 4. The predicted octanol–water partition coefficient (Wildman–Crippen LogP) is 3.87. The van der Waals surface area contributed by atoms with Gasteiger partial charge < -0.3 is 19.8 Å². The van der Waals surface area contributed by atoms with Gasteiger partial charge in [0.1, 0.15) is 19.0 Å². The maximum Gasteiger partial charge on any atom is 0.205 e. The molecule has 2 N–H and O–H groups in total. The summed E-state index contributed by atoms with van der Waals surface area (Å²) in [5.74, 6) is 1.44. The summed E-state index contributed by atoms with van der Waals surface area (Å²) in [5, 5.41) is 3.11. The van der Waals surface area contributed by atoms with Crippen LogP contribution >= 0.6 is 11.6 Å². The maximum atomic E-state index is 13.2. The van der Waals surface area contributed by atoms with Crippen LogP contribution in [0.4, 0.5) is 16.0 Å². The molecule has 3 aromatic rings. The highest BCUT2D eigenvalue weighted by Gasteiger charge is 2.15. The molecule has 0 unspecified atom stereocenters. The van der Waals surface area contributed by atoms with E-state index in [1.54, 1.807) is 6.07 Å². The van der Waals surface area contributed by atoms with Crippen LogP contribution in [0.2, 0.25) is 5.02 Å². The molecule has 0 atom stereocenters. The number of imidazole rings is 1. The molecule has 1 aliphatic heterocycles. The summed E-state index contributed by atoms with van der Waals surface area (Å²) in [5.41, 5.74) is 2.21. The highest BCUT2D eigenvalue weighted by atomic mass is 35.5. The third-order valence-electron chi connectivity index (χ3n) is 3.33. The number of halogens is 2. The molecule has 0 fully saturated rings. The Kier molecular flexibility index (Phi) is 3.04. The first kappa shape index (κ1) is 13.2. The van der Waals surface area contributed by atoms with E-state index in [4.69, 9.17) is 21.1 Å². The number of anilines is 2. The lowest BCUT2D eigenvalue weighted by Crippen LogP contribution is -2.15. The third kappa shape index (κ3) is 2.31. The first-order chi connectivity index (χ1) is 10.7. The SMILES string of the molecule is Fc1ccc(Nc2nc3cc4c(cc3[nH]2)OCCO4)cc1Cl. The summed E-state index contributed by atoms with van der Waals surface area (Å²) in [6, 6.07) is 8.06. The molecule has 0 saturated carbocycles. The van der Waals surface area contributed by atoms with Gasteiger partial charge in [-0.05, 0) is 18.2 Å². The molecule has 112 valence electrons. The summed E-state index contributed by atoms with van der Waals surface area (Å²) >= 11 is 5.77. The highest BCUT2D eigenvalue weighted by Crippen LogP contribution is 2.34. The maximum absolute atomic E-state index is 13.2. The van der Waals surface area contributed by atoms with E-state index in [0.717, 1.165) is 11.0 Å². The van der Waals surface area contributed by atoms with E-state index < -0.39 is 5.82 Å². The van der Waals surface area contributed by atoms with Gasteiger partial charge in [-0.15, -0.1) is 0 Å². The summed E-state index contributed by atoms with van der Waals surface area (Å²) in [7, 11) is 0. The lowest BCUT2D eigenvalue weighted by molar-refractivity contribution is 0.172. The summed E-state index contributed by atoms with van der Waals surface area (Å²) in [4.78, 5) is 7.56. The van der Waals surface area contributed by atoms with Gasteiger partial charge in [0.15, 0.2) is 11.5 Å². The fraction of sp³-hybridized carbons (Fsp3) is 0.133. The Morgan fingerprint density at radius 3 is 2.68 bits per heavy atom. The first-order valence-corrected chi connectivity index (χ1v) is 7.08. The fourth-order valence-electron chi connectivity index (χ4n) is 2.32. The van der Waals surface area contributed by atoms with Gasteiger partial charge in [-0.3, -0.25) is 0 Å². The Hall–Kier alpha value is -2.47. The lowest BCUT2D eigenvalue weighted by Gasteiger charge is -2.17. The van der Waals surface area contributed by atoms with Crippen molar-refractivity contribution in [1.29, 1.82) is 0 Å². The smallest absolute Gasteiger partial charge is 0.205 e. The van der Waals surface area contributed by atoms with Gasteiger partial charge in [0.2, 0.25) is 5.95 Å². The molecule has 2 heterocycles. The molecule has 0 amide bonds. The minimum atomic E-state index is -0.459. The van der Waals surface area contributed by atoms with Crippen molar-refractivity contribution in [3.05, 3.63) is 41.2 Å². The van der Waals surface area contributed by atoms with E-state index >= 15 is 0 Å².